The summed E-state index contributed by atoms with van der Waals surface area (Å²) in [5.74, 6) is 1.39. The molecule has 2 aliphatic carbocycles. The van der Waals surface area contributed by atoms with E-state index in [0.717, 1.165) is 6.42 Å². The van der Waals surface area contributed by atoms with Crippen molar-refractivity contribution in [1.82, 2.24) is 4.90 Å². The number of allylic oxidation sites excluding steroid dienone is 5. The van der Waals surface area contributed by atoms with Gasteiger partial charge < -0.3 is 9.80 Å². The fraction of sp³-hybridized carbons (Fsp3) is 0.440. The Hall–Kier alpha value is -0.727. The van der Waals surface area contributed by atoms with Crippen LogP contribution in [0.3, 0.4) is 0 Å². The van der Waals surface area contributed by atoms with Gasteiger partial charge in [0.05, 0.1) is 5.69 Å². The Morgan fingerprint density at radius 1 is 0.903 bits per heavy atom. The van der Waals surface area contributed by atoms with Crippen LogP contribution in [-0.4, -0.2) is 10.9 Å². The van der Waals surface area contributed by atoms with Crippen molar-refractivity contribution in [1.29, 1.82) is 0 Å². The summed E-state index contributed by atoms with van der Waals surface area (Å²) in [6.45, 7) is 6.69. The maximum atomic E-state index is 4.94. The Morgan fingerprint density at radius 2 is 1.55 bits per heavy atom. The first-order valence-electron chi connectivity index (χ1n) is 10.9. The SMILES string of the molecule is Cc1cc(C)c(N2C=CN(C3CCCC3)C2=C2C=CC=CCCC2)c(C)c1.[Cl][Rh]([Cl])[Cl]. The number of halogens is 3. The number of aryl methyl sites for hydroxylation is 3. The topological polar surface area (TPSA) is 6.48 Å². The van der Waals surface area contributed by atoms with Gasteiger partial charge in [0.25, 0.3) is 0 Å². The van der Waals surface area contributed by atoms with Crippen LogP contribution in [0, 0.1) is 20.8 Å². The van der Waals surface area contributed by atoms with Gasteiger partial charge in [0.1, 0.15) is 5.82 Å². The van der Waals surface area contributed by atoms with Gasteiger partial charge in [0, 0.05) is 18.4 Å². The third-order valence-electron chi connectivity index (χ3n) is 6.09. The summed E-state index contributed by atoms with van der Waals surface area (Å²) in [5, 5.41) is 0. The number of benzene rings is 1. The first-order chi connectivity index (χ1) is 14.9. The molecule has 1 aliphatic heterocycles. The van der Waals surface area contributed by atoms with Crippen molar-refractivity contribution < 1.29 is 13.0 Å². The van der Waals surface area contributed by atoms with Crippen molar-refractivity contribution in [2.75, 3.05) is 4.90 Å². The van der Waals surface area contributed by atoms with E-state index in [4.69, 9.17) is 29.1 Å². The molecule has 1 fully saturated rings. The number of nitrogens with zero attached hydrogens (tertiary/aromatic N) is 2. The van der Waals surface area contributed by atoms with E-state index in [1.54, 1.807) is 0 Å². The number of hydrogen-bond acceptors (Lipinski definition) is 2. The standard InChI is InChI=1S/C25H32N2.3ClH.Rh/c1-19-17-20(2)24(21(3)18-19)27-16-15-26(23-13-9-10-14-23)25(27)22-11-7-5-4-6-8-12-22;;;;/h4-5,7,11,15-18,23H,6,8-10,12-14H2,1-3H3;3*1H;/q;;;;+3/p-3. The summed E-state index contributed by atoms with van der Waals surface area (Å²) in [6, 6.07) is 5.27. The molecule has 3 aliphatic rings. The van der Waals surface area contributed by atoms with Crippen LogP contribution in [0.25, 0.3) is 0 Å². The molecule has 0 amide bonds. The van der Waals surface area contributed by atoms with Crippen LogP contribution < -0.4 is 4.90 Å². The molecule has 1 aromatic carbocycles. The summed E-state index contributed by atoms with van der Waals surface area (Å²) in [6.07, 6.45) is 22.5. The van der Waals surface area contributed by atoms with Gasteiger partial charge in [-0.3, -0.25) is 0 Å². The predicted octanol–water partition coefficient (Wildman–Crippen LogP) is 8.72. The average molecular weight is 570 g/mol. The van der Waals surface area contributed by atoms with Crippen molar-refractivity contribution in [2.24, 2.45) is 0 Å². The van der Waals surface area contributed by atoms with Crippen LogP contribution in [0.15, 0.2) is 60.2 Å². The van der Waals surface area contributed by atoms with Crippen LogP contribution in [0.5, 0.6) is 0 Å². The molecule has 0 unspecified atom stereocenters. The maximum absolute atomic E-state index is 4.94. The van der Waals surface area contributed by atoms with Gasteiger partial charge in [0.15, 0.2) is 0 Å². The van der Waals surface area contributed by atoms with Crippen molar-refractivity contribution in [3.05, 3.63) is 76.9 Å². The van der Waals surface area contributed by atoms with Gasteiger partial charge in [-0.25, -0.2) is 0 Å². The van der Waals surface area contributed by atoms with Gasteiger partial charge in [-0.15, -0.1) is 0 Å². The third kappa shape index (κ3) is 6.64. The van der Waals surface area contributed by atoms with Gasteiger partial charge >= 0.3 is 42.1 Å². The third-order valence-corrected chi connectivity index (χ3v) is 6.09. The molecule has 0 saturated heterocycles. The molecule has 0 atom stereocenters. The molecule has 0 spiro atoms. The molecule has 0 aromatic heterocycles. The van der Waals surface area contributed by atoms with E-state index in [9.17, 15) is 0 Å². The van der Waals surface area contributed by atoms with Crippen LogP contribution in [0.2, 0.25) is 0 Å². The summed E-state index contributed by atoms with van der Waals surface area (Å²) < 4.78 is 0. The average Bonchev–Trinajstić information content (AvgIpc) is 3.30. The summed E-state index contributed by atoms with van der Waals surface area (Å²) >= 11 is -1.66. The van der Waals surface area contributed by atoms with Gasteiger partial charge in [-0.05, 0) is 69.6 Å². The molecule has 1 aromatic rings. The minimum atomic E-state index is -1.66. The summed E-state index contributed by atoms with van der Waals surface area (Å²) in [4.78, 5) is 5.05. The van der Waals surface area contributed by atoms with Crippen LogP contribution in [0.1, 0.15) is 61.6 Å². The zero-order valence-corrected chi connectivity index (χ0v) is 22.4. The van der Waals surface area contributed by atoms with Crippen molar-refractivity contribution in [3.63, 3.8) is 0 Å². The first kappa shape index (κ1) is 24.9. The molecule has 1 heterocycles. The summed E-state index contributed by atoms with van der Waals surface area (Å²) in [7, 11) is 14.8. The fourth-order valence-electron chi connectivity index (χ4n) is 4.96. The molecule has 172 valence electrons. The van der Waals surface area contributed by atoms with E-state index in [2.05, 4.69) is 79.4 Å². The van der Waals surface area contributed by atoms with E-state index in [1.165, 1.54) is 72.3 Å². The Labute approximate surface area is 205 Å². The first-order valence-corrected chi connectivity index (χ1v) is 17.3. The number of hydrogen-bond donors (Lipinski definition) is 0. The number of anilines is 1. The normalized spacial score (nSPS) is 21.8. The van der Waals surface area contributed by atoms with Gasteiger partial charge in [-0.2, -0.15) is 0 Å². The second-order valence-corrected chi connectivity index (χ2v) is 15.9. The Balaban J connectivity index is 0.000000628. The zero-order chi connectivity index (χ0) is 22.4. The molecule has 0 N–H and O–H groups in total. The van der Waals surface area contributed by atoms with Crippen molar-refractivity contribution >= 4 is 34.8 Å². The van der Waals surface area contributed by atoms with Gasteiger partial charge in [-0.1, -0.05) is 54.8 Å². The molecular weight excluding hydrogens is 538 g/mol. The minimum absolute atomic E-state index is 0.647. The van der Waals surface area contributed by atoms with Crippen molar-refractivity contribution in [2.45, 2.75) is 71.8 Å². The van der Waals surface area contributed by atoms with E-state index in [-0.39, 0.29) is 0 Å². The Kier molecular flexibility index (Phi) is 9.59. The molecular formula is C25H32Cl3N2Rh. The summed E-state index contributed by atoms with van der Waals surface area (Å²) in [5.41, 5.74) is 6.88. The van der Waals surface area contributed by atoms with E-state index in [0.29, 0.717) is 6.04 Å². The zero-order valence-electron chi connectivity index (χ0n) is 18.5. The van der Waals surface area contributed by atoms with E-state index < -0.39 is 13.0 Å². The second kappa shape index (κ2) is 11.9. The van der Waals surface area contributed by atoms with E-state index >= 15 is 0 Å². The Bertz CT molecular complexity index is 857. The van der Waals surface area contributed by atoms with Crippen LogP contribution in [0.4, 0.5) is 5.69 Å². The monoisotopic (exact) mass is 568 g/mol. The van der Waals surface area contributed by atoms with Crippen LogP contribution in [-0.2, 0) is 13.0 Å². The molecule has 4 rings (SSSR count). The molecule has 0 bridgehead atoms. The molecule has 6 heteroatoms. The van der Waals surface area contributed by atoms with Gasteiger partial charge in [0.2, 0.25) is 0 Å². The predicted molar refractivity (Wildman–Crippen MR) is 133 cm³/mol. The van der Waals surface area contributed by atoms with Crippen molar-refractivity contribution in [3.8, 4) is 0 Å². The second-order valence-electron chi connectivity index (χ2n) is 8.43. The Morgan fingerprint density at radius 3 is 2.19 bits per heavy atom. The fourth-order valence-corrected chi connectivity index (χ4v) is 4.96. The molecule has 31 heavy (non-hydrogen) atoms. The molecule has 1 saturated carbocycles. The molecule has 0 radical (unpaired) electrons. The van der Waals surface area contributed by atoms with Crippen LogP contribution >= 0.6 is 29.1 Å². The quantitative estimate of drug-likeness (QED) is 0.329. The molecule has 2 nitrogen and oxygen atoms in total. The number of rotatable bonds is 2. The van der Waals surface area contributed by atoms with E-state index in [1.807, 2.05) is 0 Å².